The van der Waals surface area contributed by atoms with E-state index in [4.69, 9.17) is 0 Å². The van der Waals surface area contributed by atoms with Gasteiger partial charge in [0.25, 0.3) is 0 Å². The second kappa shape index (κ2) is 7.89. The lowest BCUT2D eigenvalue weighted by molar-refractivity contribution is -0.124. The third kappa shape index (κ3) is 5.70. The predicted octanol–water partition coefficient (Wildman–Crippen LogP) is 4.99. The topological polar surface area (TPSA) is 17.1 Å². The second-order valence-corrected chi connectivity index (χ2v) is 6.26. The Morgan fingerprint density at radius 2 is 1.82 bits per heavy atom. The molecule has 0 heterocycles. The Bertz CT molecular complexity index is 212. The molecule has 0 aromatic rings. The summed E-state index contributed by atoms with van der Waals surface area (Å²) in [5.41, 5.74) is 0. The zero-order valence-electron chi connectivity index (χ0n) is 12.0. The third-order valence-corrected chi connectivity index (χ3v) is 4.19. The Balaban J connectivity index is 2.15. The summed E-state index contributed by atoms with van der Waals surface area (Å²) in [7, 11) is 0. The molecule has 0 aliphatic heterocycles. The number of hydrogen-bond donors (Lipinski definition) is 0. The first-order valence-electron chi connectivity index (χ1n) is 7.66. The van der Waals surface area contributed by atoms with Gasteiger partial charge in [0.1, 0.15) is 5.78 Å². The molecule has 0 radical (unpaired) electrons. The van der Waals surface area contributed by atoms with Gasteiger partial charge in [-0.2, -0.15) is 0 Å². The van der Waals surface area contributed by atoms with Gasteiger partial charge >= 0.3 is 0 Å². The minimum absolute atomic E-state index is 0.413. The zero-order chi connectivity index (χ0) is 12.7. The van der Waals surface area contributed by atoms with Gasteiger partial charge in [-0.25, -0.2) is 0 Å². The van der Waals surface area contributed by atoms with E-state index in [0.29, 0.717) is 11.7 Å². The van der Waals surface area contributed by atoms with Crippen LogP contribution < -0.4 is 0 Å². The summed E-state index contributed by atoms with van der Waals surface area (Å²) in [5.74, 6) is 2.71. The molecular weight excluding hydrogens is 208 g/mol. The fourth-order valence-corrected chi connectivity index (χ4v) is 3.04. The maximum absolute atomic E-state index is 11.8. The third-order valence-electron chi connectivity index (χ3n) is 4.19. The zero-order valence-corrected chi connectivity index (χ0v) is 12.0. The van der Waals surface area contributed by atoms with Crippen LogP contribution in [-0.4, -0.2) is 5.78 Å². The molecule has 0 unspecified atom stereocenters. The molecule has 1 rings (SSSR count). The van der Waals surface area contributed by atoms with Gasteiger partial charge in [0.2, 0.25) is 0 Å². The largest absolute Gasteiger partial charge is 0.299 e. The van der Waals surface area contributed by atoms with Crippen LogP contribution in [0.5, 0.6) is 0 Å². The molecule has 0 saturated heterocycles. The van der Waals surface area contributed by atoms with E-state index < -0.39 is 0 Å². The van der Waals surface area contributed by atoms with Crippen LogP contribution in [0.4, 0.5) is 0 Å². The normalized spacial score (nSPS) is 25.2. The van der Waals surface area contributed by atoms with Gasteiger partial charge in [-0.15, -0.1) is 0 Å². The second-order valence-electron chi connectivity index (χ2n) is 6.26. The van der Waals surface area contributed by atoms with Crippen LogP contribution in [0.15, 0.2) is 0 Å². The number of hydrogen-bond acceptors (Lipinski definition) is 1. The number of Topliss-reactive ketones (excluding diaryl/α,β-unsaturated/α-hetero) is 1. The molecule has 1 nitrogen and oxygen atoms in total. The molecule has 100 valence electrons. The van der Waals surface area contributed by atoms with E-state index in [1.165, 1.54) is 44.9 Å². The molecule has 1 heteroatoms. The molecule has 0 bridgehead atoms. The summed E-state index contributed by atoms with van der Waals surface area (Å²) in [6.45, 7) is 6.72. The van der Waals surface area contributed by atoms with Gasteiger partial charge in [-0.3, -0.25) is 4.79 Å². The number of rotatable bonds is 7. The highest BCUT2D eigenvalue weighted by molar-refractivity contribution is 5.80. The minimum atomic E-state index is 0.413. The maximum Gasteiger partial charge on any atom is 0.135 e. The van der Waals surface area contributed by atoms with Crippen molar-refractivity contribution in [3.8, 4) is 0 Å². The van der Waals surface area contributed by atoms with E-state index >= 15 is 0 Å². The molecular formula is C16H30O. The fraction of sp³-hybridized carbons (Fsp3) is 0.938. The summed E-state index contributed by atoms with van der Waals surface area (Å²) >= 11 is 0. The summed E-state index contributed by atoms with van der Waals surface area (Å²) in [5, 5.41) is 0. The van der Waals surface area contributed by atoms with Crippen LogP contribution in [0, 0.1) is 17.8 Å². The molecule has 17 heavy (non-hydrogen) atoms. The van der Waals surface area contributed by atoms with E-state index in [2.05, 4.69) is 20.8 Å². The fourth-order valence-electron chi connectivity index (χ4n) is 3.04. The van der Waals surface area contributed by atoms with E-state index in [1.54, 1.807) is 0 Å². The SMILES string of the molecule is CCCC(=O)C1CCC(CCCC(C)C)CC1. The van der Waals surface area contributed by atoms with Crippen molar-refractivity contribution in [3.05, 3.63) is 0 Å². The Kier molecular flexibility index (Phi) is 6.84. The van der Waals surface area contributed by atoms with Crippen molar-refractivity contribution >= 4 is 5.78 Å². The van der Waals surface area contributed by atoms with Crippen LogP contribution in [0.25, 0.3) is 0 Å². The molecule has 1 saturated carbocycles. The molecule has 1 aliphatic carbocycles. The van der Waals surface area contributed by atoms with E-state index in [9.17, 15) is 4.79 Å². The van der Waals surface area contributed by atoms with Gasteiger partial charge in [0.05, 0.1) is 0 Å². The first-order chi connectivity index (χ1) is 8.13. The number of carbonyl (C=O) groups is 1. The van der Waals surface area contributed by atoms with Gasteiger partial charge in [0.15, 0.2) is 0 Å². The Labute approximate surface area is 107 Å². The molecule has 0 amide bonds. The average Bonchev–Trinajstić information content (AvgIpc) is 2.30. The predicted molar refractivity (Wildman–Crippen MR) is 74.1 cm³/mol. The van der Waals surface area contributed by atoms with Crippen LogP contribution >= 0.6 is 0 Å². The molecule has 0 N–H and O–H groups in total. The number of carbonyl (C=O) groups excluding carboxylic acids is 1. The molecule has 0 atom stereocenters. The molecule has 1 aliphatic rings. The quantitative estimate of drug-likeness (QED) is 0.611. The van der Waals surface area contributed by atoms with Crippen LogP contribution in [0.3, 0.4) is 0 Å². The maximum atomic E-state index is 11.8. The van der Waals surface area contributed by atoms with Crippen LogP contribution in [0.2, 0.25) is 0 Å². The van der Waals surface area contributed by atoms with E-state index in [0.717, 1.165) is 24.7 Å². The summed E-state index contributed by atoms with van der Waals surface area (Å²) < 4.78 is 0. The summed E-state index contributed by atoms with van der Waals surface area (Å²) in [6, 6.07) is 0. The van der Waals surface area contributed by atoms with Crippen molar-refractivity contribution < 1.29 is 4.79 Å². The van der Waals surface area contributed by atoms with Crippen molar-refractivity contribution in [1.29, 1.82) is 0 Å². The van der Waals surface area contributed by atoms with Crippen molar-refractivity contribution in [2.24, 2.45) is 17.8 Å². The molecule has 0 aromatic heterocycles. The van der Waals surface area contributed by atoms with Gasteiger partial charge in [0, 0.05) is 12.3 Å². The lowest BCUT2D eigenvalue weighted by Crippen LogP contribution is -2.21. The average molecular weight is 238 g/mol. The molecule has 1 fully saturated rings. The van der Waals surface area contributed by atoms with Gasteiger partial charge < -0.3 is 0 Å². The lowest BCUT2D eigenvalue weighted by atomic mass is 9.77. The van der Waals surface area contributed by atoms with Crippen molar-refractivity contribution in [2.75, 3.05) is 0 Å². The Morgan fingerprint density at radius 1 is 1.18 bits per heavy atom. The highest BCUT2D eigenvalue weighted by Gasteiger charge is 2.25. The van der Waals surface area contributed by atoms with Crippen molar-refractivity contribution in [2.45, 2.75) is 78.6 Å². The number of ketones is 1. The summed E-state index contributed by atoms with van der Waals surface area (Å²) in [4.78, 5) is 11.8. The van der Waals surface area contributed by atoms with Crippen LogP contribution in [0.1, 0.15) is 78.6 Å². The standard InChI is InChI=1S/C16H30O/c1-4-6-16(17)15-11-9-14(10-12-15)8-5-7-13(2)3/h13-15H,4-12H2,1-3H3. The Morgan fingerprint density at radius 3 is 2.35 bits per heavy atom. The van der Waals surface area contributed by atoms with Gasteiger partial charge in [-0.05, 0) is 43.9 Å². The molecule has 0 spiro atoms. The highest BCUT2D eigenvalue weighted by Crippen LogP contribution is 2.33. The minimum Gasteiger partial charge on any atom is -0.299 e. The molecule has 0 aromatic carbocycles. The highest BCUT2D eigenvalue weighted by atomic mass is 16.1. The van der Waals surface area contributed by atoms with Gasteiger partial charge in [-0.1, -0.05) is 40.0 Å². The van der Waals surface area contributed by atoms with Crippen LogP contribution in [-0.2, 0) is 4.79 Å². The monoisotopic (exact) mass is 238 g/mol. The Hall–Kier alpha value is -0.330. The van der Waals surface area contributed by atoms with Crippen molar-refractivity contribution in [1.82, 2.24) is 0 Å². The summed E-state index contributed by atoms with van der Waals surface area (Å²) in [6.07, 6.45) is 10.9. The van der Waals surface area contributed by atoms with Crippen molar-refractivity contribution in [3.63, 3.8) is 0 Å². The van der Waals surface area contributed by atoms with E-state index in [-0.39, 0.29) is 0 Å². The first kappa shape index (κ1) is 14.7. The smallest absolute Gasteiger partial charge is 0.135 e. The first-order valence-corrected chi connectivity index (χ1v) is 7.66. The lowest BCUT2D eigenvalue weighted by Gasteiger charge is -2.27. The van der Waals surface area contributed by atoms with E-state index in [1.807, 2.05) is 0 Å².